The first kappa shape index (κ1) is 13.0. The predicted molar refractivity (Wildman–Crippen MR) is 77.3 cm³/mol. The highest BCUT2D eigenvalue weighted by Crippen LogP contribution is 2.25. The molecule has 0 fully saturated rings. The second-order valence-corrected chi connectivity index (χ2v) is 5.01. The van der Waals surface area contributed by atoms with Crippen molar-refractivity contribution in [2.24, 2.45) is 5.73 Å². The van der Waals surface area contributed by atoms with Crippen LogP contribution in [0, 0.1) is 0 Å². The fourth-order valence-electron chi connectivity index (χ4n) is 1.62. The molecule has 0 aliphatic carbocycles. The third-order valence-electron chi connectivity index (χ3n) is 2.70. The normalized spacial score (nSPS) is 12.2. The minimum absolute atomic E-state index is 0.0555. The highest BCUT2D eigenvalue weighted by molar-refractivity contribution is 7.98. The summed E-state index contributed by atoms with van der Waals surface area (Å²) in [6.07, 6.45) is 2.06. The fraction of sp³-hybridized carbons (Fsp3) is 0.200. The Morgan fingerprint density at radius 1 is 0.944 bits per heavy atom. The van der Waals surface area contributed by atoms with Crippen LogP contribution < -0.4 is 10.5 Å². The molecule has 0 saturated heterocycles. The van der Waals surface area contributed by atoms with E-state index in [-0.39, 0.29) is 6.04 Å². The van der Waals surface area contributed by atoms with Gasteiger partial charge in [-0.3, -0.25) is 0 Å². The zero-order valence-electron chi connectivity index (χ0n) is 10.6. The summed E-state index contributed by atoms with van der Waals surface area (Å²) in [5.41, 5.74) is 6.92. The molecular weight excluding hydrogens is 242 g/mol. The van der Waals surface area contributed by atoms with Crippen molar-refractivity contribution < 1.29 is 4.74 Å². The van der Waals surface area contributed by atoms with E-state index in [2.05, 4.69) is 18.4 Å². The van der Waals surface area contributed by atoms with Gasteiger partial charge in [0.1, 0.15) is 11.5 Å². The van der Waals surface area contributed by atoms with Gasteiger partial charge in [-0.1, -0.05) is 12.1 Å². The van der Waals surface area contributed by atoms with E-state index < -0.39 is 0 Å². The molecule has 2 aromatic rings. The Labute approximate surface area is 112 Å². The highest BCUT2D eigenvalue weighted by Gasteiger charge is 2.01. The van der Waals surface area contributed by atoms with Crippen molar-refractivity contribution in [1.82, 2.24) is 0 Å². The van der Waals surface area contributed by atoms with E-state index >= 15 is 0 Å². The SMILES string of the molecule is CSc1ccc(Oc2ccc([C@H](C)N)cc2)cc1. The molecular formula is C15H17NOS. The Balaban J connectivity index is 2.08. The maximum atomic E-state index is 5.81. The summed E-state index contributed by atoms with van der Waals surface area (Å²) in [4.78, 5) is 1.23. The summed E-state index contributed by atoms with van der Waals surface area (Å²) >= 11 is 1.72. The molecule has 0 heterocycles. The van der Waals surface area contributed by atoms with Gasteiger partial charge in [-0.25, -0.2) is 0 Å². The first-order valence-corrected chi connectivity index (χ1v) is 7.09. The molecule has 0 aliphatic heterocycles. The molecule has 0 aromatic heterocycles. The van der Waals surface area contributed by atoms with Crippen molar-refractivity contribution in [2.75, 3.05) is 6.26 Å². The minimum atomic E-state index is 0.0555. The lowest BCUT2D eigenvalue weighted by Gasteiger charge is -2.09. The number of nitrogens with two attached hydrogens (primary N) is 1. The molecule has 0 saturated carbocycles. The maximum Gasteiger partial charge on any atom is 0.127 e. The summed E-state index contributed by atoms with van der Waals surface area (Å²) in [7, 11) is 0. The Morgan fingerprint density at radius 2 is 1.44 bits per heavy atom. The van der Waals surface area contributed by atoms with Crippen LogP contribution in [-0.4, -0.2) is 6.26 Å². The molecule has 0 spiro atoms. The van der Waals surface area contributed by atoms with Gasteiger partial charge in [0.15, 0.2) is 0 Å². The van der Waals surface area contributed by atoms with Crippen molar-refractivity contribution >= 4 is 11.8 Å². The lowest BCUT2D eigenvalue weighted by atomic mass is 10.1. The first-order valence-electron chi connectivity index (χ1n) is 5.86. The number of rotatable bonds is 4. The van der Waals surface area contributed by atoms with Crippen molar-refractivity contribution in [3.05, 3.63) is 54.1 Å². The van der Waals surface area contributed by atoms with Gasteiger partial charge in [0.25, 0.3) is 0 Å². The van der Waals surface area contributed by atoms with E-state index in [9.17, 15) is 0 Å². The van der Waals surface area contributed by atoms with E-state index in [1.54, 1.807) is 11.8 Å². The lowest BCUT2D eigenvalue weighted by molar-refractivity contribution is 0.482. The van der Waals surface area contributed by atoms with Crippen LogP contribution in [0.3, 0.4) is 0 Å². The molecule has 0 radical (unpaired) electrons. The molecule has 2 N–H and O–H groups in total. The maximum absolute atomic E-state index is 5.81. The fourth-order valence-corrected chi connectivity index (χ4v) is 2.03. The van der Waals surface area contributed by atoms with Crippen LogP contribution in [0.1, 0.15) is 18.5 Å². The number of benzene rings is 2. The summed E-state index contributed by atoms with van der Waals surface area (Å²) in [6, 6.07) is 16.0. The van der Waals surface area contributed by atoms with Crippen LogP contribution in [0.5, 0.6) is 11.5 Å². The van der Waals surface area contributed by atoms with Crippen molar-refractivity contribution in [2.45, 2.75) is 17.9 Å². The summed E-state index contributed by atoms with van der Waals surface area (Å²) in [5.74, 6) is 1.68. The van der Waals surface area contributed by atoms with E-state index in [0.717, 1.165) is 17.1 Å². The van der Waals surface area contributed by atoms with Crippen molar-refractivity contribution in [3.63, 3.8) is 0 Å². The Bertz CT molecular complexity index is 491. The third-order valence-corrected chi connectivity index (χ3v) is 3.44. The molecule has 2 nitrogen and oxygen atoms in total. The predicted octanol–water partition coefficient (Wildman–Crippen LogP) is 4.22. The van der Waals surface area contributed by atoms with Crippen molar-refractivity contribution in [3.8, 4) is 11.5 Å². The number of hydrogen-bond acceptors (Lipinski definition) is 3. The zero-order chi connectivity index (χ0) is 13.0. The molecule has 94 valence electrons. The van der Waals surface area contributed by atoms with Crippen LogP contribution in [0.2, 0.25) is 0 Å². The number of thioether (sulfide) groups is 1. The van der Waals surface area contributed by atoms with E-state index in [0.29, 0.717) is 0 Å². The van der Waals surface area contributed by atoms with Crippen molar-refractivity contribution in [1.29, 1.82) is 0 Å². The van der Waals surface area contributed by atoms with Gasteiger partial charge in [-0.05, 0) is 55.1 Å². The van der Waals surface area contributed by atoms with Crippen LogP contribution >= 0.6 is 11.8 Å². The van der Waals surface area contributed by atoms with Gasteiger partial charge in [-0.15, -0.1) is 11.8 Å². The number of ether oxygens (including phenoxy) is 1. The smallest absolute Gasteiger partial charge is 0.127 e. The van der Waals surface area contributed by atoms with Gasteiger partial charge in [0.2, 0.25) is 0 Å². The first-order chi connectivity index (χ1) is 8.69. The average Bonchev–Trinajstić information content (AvgIpc) is 2.40. The van der Waals surface area contributed by atoms with Crippen LogP contribution in [0.4, 0.5) is 0 Å². The van der Waals surface area contributed by atoms with Crippen LogP contribution in [-0.2, 0) is 0 Å². The monoisotopic (exact) mass is 259 g/mol. The molecule has 2 aromatic carbocycles. The van der Waals surface area contributed by atoms with E-state index in [1.807, 2.05) is 43.3 Å². The van der Waals surface area contributed by atoms with Gasteiger partial charge in [-0.2, -0.15) is 0 Å². The van der Waals surface area contributed by atoms with E-state index in [4.69, 9.17) is 10.5 Å². The molecule has 18 heavy (non-hydrogen) atoms. The molecule has 0 bridgehead atoms. The summed E-state index contributed by atoms with van der Waals surface area (Å²) in [5, 5.41) is 0. The topological polar surface area (TPSA) is 35.2 Å². The Morgan fingerprint density at radius 3 is 1.89 bits per heavy atom. The van der Waals surface area contributed by atoms with Gasteiger partial charge < -0.3 is 10.5 Å². The zero-order valence-corrected chi connectivity index (χ0v) is 11.4. The quantitative estimate of drug-likeness (QED) is 0.835. The number of hydrogen-bond donors (Lipinski definition) is 1. The average molecular weight is 259 g/mol. The van der Waals surface area contributed by atoms with Crippen LogP contribution in [0.25, 0.3) is 0 Å². The summed E-state index contributed by atoms with van der Waals surface area (Å²) < 4.78 is 5.76. The molecule has 3 heteroatoms. The second kappa shape index (κ2) is 5.94. The summed E-state index contributed by atoms with van der Waals surface area (Å²) in [6.45, 7) is 1.97. The molecule has 2 rings (SSSR count). The van der Waals surface area contributed by atoms with E-state index in [1.165, 1.54) is 4.90 Å². The van der Waals surface area contributed by atoms with Gasteiger partial charge in [0.05, 0.1) is 0 Å². The Kier molecular flexibility index (Phi) is 4.28. The standard InChI is InChI=1S/C15H17NOS/c1-11(16)12-3-5-13(6-4-12)17-14-7-9-15(18-2)10-8-14/h3-11H,16H2,1-2H3/t11-/m0/s1. The molecule has 0 amide bonds. The molecule has 0 aliphatic rings. The van der Waals surface area contributed by atoms with Crippen LogP contribution in [0.15, 0.2) is 53.4 Å². The lowest BCUT2D eigenvalue weighted by Crippen LogP contribution is -2.04. The highest BCUT2D eigenvalue weighted by atomic mass is 32.2. The second-order valence-electron chi connectivity index (χ2n) is 4.14. The largest absolute Gasteiger partial charge is 0.457 e. The minimum Gasteiger partial charge on any atom is -0.457 e. The molecule has 0 unspecified atom stereocenters. The van der Waals surface area contributed by atoms with Gasteiger partial charge in [0, 0.05) is 10.9 Å². The van der Waals surface area contributed by atoms with Gasteiger partial charge >= 0.3 is 0 Å². The Hall–Kier alpha value is -1.45. The third kappa shape index (κ3) is 3.28. The molecule has 1 atom stereocenters.